The van der Waals surface area contributed by atoms with E-state index < -0.39 is 0 Å². The molecular formula is C19H25NO. The van der Waals surface area contributed by atoms with E-state index in [0.717, 1.165) is 25.1 Å². The Kier molecular flexibility index (Phi) is 5.68. The van der Waals surface area contributed by atoms with E-state index in [1.807, 2.05) is 19.9 Å². The Morgan fingerprint density at radius 1 is 1.05 bits per heavy atom. The molecule has 21 heavy (non-hydrogen) atoms. The van der Waals surface area contributed by atoms with E-state index in [4.69, 9.17) is 4.74 Å². The third-order valence-corrected chi connectivity index (χ3v) is 3.37. The standard InChI is InChI=1S/C19H25NO/c1-15(2)21-18-11-12-19(16(3)14-18)20-13-7-10-17-8-5-4-6-9-17/h4-6,8-9,11-12,14-15,20H,7,10,13H2,1-3H3. The lowest BCUT2D eigenvalue weighted by atomic mass is 10.1. The number of hydrogen-bond donors (Lipinski definition) is 1. The topological polar surface area (TPSA) is 21.3 Å². The van der Waals surface area contributed by atoms with Gasteiger partial charge in [-0.1, -0.05) is 30.3 Å². The summed E-state index contributed by atoms with van der Waals surface area (Å²) in [5.41, 5.74) is 3.82. The van der Waals surface area contributed by atoms with Crippen LogP contribution in [-0.4, -0.2) is 12.6 Å². The number of nitrogens with one attached hydrogen (secondary N) is 1. The minimum atomic E-state index is 0.217. The van der Waals surface area contributed by atoms with Crippen molar-refractivity contribution in [2.75, 3.05) is 11.9 Å². The second kappa shape index (κ2) is 7.72. The summed E-state index contributed by atoms with van der Waals surface area (Å²) in [6, 6.07) is 16.9. The van der Waals surface area contributed by atoms with Crippen molar-refractivity contribution in [3.63, 3.8) is 0 Å². The Hall–Kier alpha value is -1.96. The van der Waals surface area contributed by atoms with Gasteiger partial charge in [0.05, 0.1) is 6.10 Å². The lowest BCUT2D eigenvalue weighted by Crippen LogP contribution is -2.07. The lowest BCUT2D eigenvalue weighted by molar-refractivity contribution is 0.242. The Balaban J connectivity index is 1.80. The van der Waals surface area contributed by atoms with Crippen LogP contribution in [0.1, 0.15) is 31.4 Å². The van der Waals surface area contributed by atoms with Gasteiger partial charge in [0.1, 0.15) is 5.75 Å². The maximum absolute atomic E-state index is 5.71. The van der Waals surface area contributed by atoms with Gasteiger partial charge >= 0.3 is 0 Å². The van der Waals surface area contributed by atoms with Crippen LogP contribution < -0.4 is 10.1 Å². The number of ether oxygens (including phenoxy) is 1. The first kappa shape index (κ1) is 15.4. The van der Waals surface area contributed by atoms with E-state index in [1.54, 1.807) is 0 Å². The number of benzene rings is 2. The Morgan fingerprint density at radius 3 is 2.48 bits per heavy atom. The van der Waals surface area contributed by atoms with Gasteiger partial charge in [0, 0.05) is 12.2 Å². The normalized spacial score (nSPS) is 10.7. The lowest BCUT2D eigenvalue weighted by Gasteiger charge is -2.14. The van der Waals surface area contributed by atoms with E-state index in [2.05, 4.69) is 54.7 Å². The summed E-state index contributed by atoms with van der Waals surface area (Å²) in [5.74, 6) is 0.942. The molecule has 0 fully saturated rings. The zero-order chi connectivity index (χ0) is 15.1. The molecule has 1 N–H and O–H groups in total. The highest BCUT2D eigenvalue weighted by Gasteiger charge is 2.02. The van der Waals surface area contributed by atoms with Crippen molar-refractivity contribution in [2.24, 2.45) is 0 Å². The van der Waals surface area contributed by atoms with E-state index in [-0.39, 0.29) is 6.10 Å². The van der Waals surface area contributed by atoms with E-state index in [9.17, 15) is 0 Å². The quantitative estimate of drug-likeness (QED) is 0.735. The third kappa shape index (κ3) is 5.14. The fraction of sp³-hybridized carbons (Fsp3) is 0.368. The first-order valence-electron chi connectivity index (χ1n) is 7.70. The highest BCUT2D eigenvalue weighted by Crippen LogP contribution is 2.22. The monoisotopic (exact) mass is 283 g/mol. The average Bonchev–Trinajstić information content (AvgIpc) is 2.46. The van der Waals surface area contributed by atoms with Gasteiger partial charge in [0.15, 0.2) is 0 Å². The zero-order valence-corrected chi connectivity index (χ0v) is 13.2. The van der Waals surface area contributed by atoms with Crippen LogP contribution in [0.2, 0.25) is 0 Å². The van der Waals surface area contributed by atoms with Crippen LogP contribution >= 0.6 is 0 Å². The Bertz CT molecular complexity index is 549. The van der Waals surface area contributed by atoms with Gasteiger partial charge in [-0.25, -0.2) is 0 Å². The van der Waals surface area contributed by atoms with Crippen LogP contribution in [0.25, 0.3) is 0 Å². The fourth-order valence-electron chi connectivity index (χ4n) is 2.34. The molecule has 0 amide bonds. The smallest absolute Gasteiger partial charge is 0.120 e. The molecule has 0 aliphatic carbocycles. The van der Waals surface area contributed by atoms with Crippen LogP contribution in [-0.2, 0) is 6.42 Å². The van der Waals surface area contributed by atoms with E-state index in [0.29, 0.717) is 0 Å². The maximum Gasteiger partial charge on any atom is 0.120 e. The Morgan fingerprint density at radius 2 is 1.81 bits per heavy atom. The highest BCUT2D eigenvalue weighted by molar-refractivity contribution is 5.53. The van der Waals surface area contributed by atoms with Gasteiger partial charge in [0.25, 0.3) is 0 Å². The molecule has 0 aliphatic rings. The summed E-state index contributed by atoms with van der Waals surface area (Å²) < 4.78 is 5.71. The molecule has 0 bridgehead atoms. The molecule has 112 valence electrons. The molecule has 0 atom stereocenters. The summed E-state index contributed by atoms with van der Waals surface area (Å²) in [5, 5.41) is 3.51. The summed E-state index contributed by atoms with van der Waals surface area (Å²) >= 11 is 0. The second-order valence-corrected chi connectivity index (χ2v) is 5.66. The molecule has 0 saturated heterocycles. The van der Waals surface area contributed by atoms with Crippen molar-refractivity contribution in [1.29, 1.82) is 0 Å². The van der Waals surface area contributed by atoms with Gasteiger partial charge in [-0.2, -0.15) is 0 Å². The second-order valence-electron chi connectivity index (χ2n) is 5.66. The molecule has 0 radical (unpaired) electrons. The van der Waals surface area contributed by atoms with Crippen molar-refractivity contribution in [2.45, 2.75) is 39.7 Å². The van der Waals surface area contributed by atoms with Gasteiger partial charge in [-0.3, -0.25) is 0 Å². The predicted molar refractivity (Wildman–Crippen MR) is 90.2 cm³/mol. The SMILES string of the molecule is Cc1cc(OC(C)C)ccc1NCCCc1ccccc1. The largest absolute Gasteiger partial charge is 0.491 e. The summed E-state index contributed by atoms with van der Waals surface area (Å²) in [4.78, 5) is 0. The number of hydrogen-bond acceptors (Lipinski definition) is 2. The molecule has 0 spiro atoms. The number of aryl methyl sites for hydroxylation is 2. The molecule has 2 aromatic rings. The first-order valence-corrected chi connectivity index (χ1v) is 7.70. The predicted octanol–water partition coefficient (Wildman–Crippen LogP) is 4.83. The van der Waals surface area contributed by atoms with Crippen LogP contribution in [0.5, 0.6) is 5.75 Å². The molecule has 0 unspecified atom stereocenters. The molecule has 0 heterocycles. The van der Waals surface area contributed by atoms with Crippen molar-refractivity contribution >= 4 is 5.69 Å². The number of rotatable bonds is 7. The van der Waals surface area contributed by atoms with Crippen LogP contribution in [0.3, 0.4) is 0 Å². The molecular weight excluding hydrogens is 258 g/mol. The molecule has 2 heteroatoms. The minimum absolute atomic E-state index is 0.217. The molecule has 2 nitrogen and oxygen atoms in total. The third-order valence-electron chi connectivity index (χ3n) is 3.37. The molecule has 0 saturated carbocycles. The molecule has 2 aromatic carbocycles. The molecule has 2 rings (SSSR count). The van der Waals surface area contributed by atoms with Gasteiger partial charge in [0.2, 0.25) is 0 Å². The molecule has 0 aromatic heterocycles. The summed E-state index contributed by atoms with van der Waals surface area (Å²) in [6.45, 7) is 7.20. The van der Waals surface area contributed by atoms with Crippen LogP contribution in [0, 0.1) is 6.92 Å². The van der Waals surface area contributed by atoms with Crippen LogP contribution in [0.4, 0.5) is 5.69 Å². The van der Waals surface area contributed by atoms with E-state index in [1.165, 1.54) is 16.8 Å². The van der Waals surface area contributed by atoms with Crippen molar-refractivity contribution in [3.8, 4) is 5.75 Å². The highest BCUT2D eigenvalue weighted by atomic mass is 16.5. The summed E-state index contributed by atoms with van der Waals surface area (Å²) in [6.07, 6.45) is 2.46. The zero-order valence-electron chi connectivity index (χ0n) is 13.2. The van der Waals surface area contributed by atoms with Gasteiger partial charge in [-0.15, -0.1) is 0 Å². The molecule has 0 aliphatic heterocycles. The number of anilines is 1. The van der Waals surface area contributed by atoms with Crippen LogP contribution in [0.15, 0.2) is 48.5 Å². The van der Waals surface area contributed by atoms with E-state index >= 15 is 0 Å². The Labute approximate surface area is 128 Å². The van der Waals surface area contributed by atoms with Crippen molar-refractivity contribution in [3.05, 3.63) is 59.7 Å². The fourth-order valence-corrected chi connectivity index (χ4v) is 2.34. The van der Waals surface area contributed by atoms with Crippen molar-refractivity contribution in [1.82, 2.24) is 0 Å². The maximum atomic E-state index is 5.71. The average molecular weight is 283 g/mol. The van der Waals surface area contributed by atoms with Gasteiger partial charge < -0.3 is 10.1 Å². The summed E-state index contributed by atoms with van der Waals surface area (Å²) in [7, 11) is 0. The minimum Gasteiger partial charge on any atom is -0.491 e. The first-order chi connectivity index (χ1) is 10.1. The van der Waals surface area contributed by atoms with Gasteiger partial charge in [-0.05, 0) is 62.9 Å². The van der Waals surface area contributed by atoms with Crippen molar-refractivity contribution < 1.29 is 4.74 Å².